The molecule has 2 aliphatic carbocycles. The lowest BCUT2D eigenvalue weighted by molar-refractivity contribution is 0.0468. The van der Waals surface area contributed by atoms with Crippen LogP contribution in [0.15, 0.2) is 4.99 Å². The van der Waals surface area contributed by atoms with E-state index < -0.39 is 0 Å². The van der Waals surface area contributed by atoms with Crippen LogP contribution >= 0.6 is 24.0 Å². The molecule has 2 fully saturated rings. The van der Waals surface area contributed by atoms with Crippen molar-refractivity contribution in [3.05, 3.63) is 0 Å². The van der Waals surface area contributed by atoms with Crippen LogP contribution in [0.1, 0.15) is 51.4 Å². The molecule has 0 spiro atoms. The molecule has 2 N–H and O–H groups in total. The van der Waals surface area contributed by atoms with Gasteiger partial charge in [-0.2, -0.15) is 0 Å². The maximum atomic E-state index is 5.95. The second-order valence-electron chi connectivity index (χ2n) is 5.81. The summed E-state index contributed by atoms with van der Waals surface area (Å²) in [6.07, 6.45) is 11.2. The van der Waals surface area contributed by atoms with Crippen LogP contribution in [0, 0.1) is 5.92 Å². The van der Waals surface area contributed by atoms with Crippen LogP contribution in [-0.2, 0) is 4.74 Å². The highest BCUT2D eigenvalue weighted by Crippen LogP contribution is 2.27. The average molecular weight is 395 g/mol. The number of ether oxygens (including phenoxy) is 1. The maximum Gasteiger partial charge on any atom is 0.191 e. The normalized spacial score (nSPS) is 20.9. The fourth-order valence-electron chi connectivity index (χ4n) is 2.59. The van der Waals surface area contributed by atoms with E-state index >= 15 is 0 Å². The average Bonchev–Trinajstić information content (AvgIpc) is 3.25. The Morgan fingerprint density at radius 3 is 2.35 bits per heavy atom. The summed E-state index contributed by atoms with van der Waals surface area (Å²) in [7, 11) is 1.83. The van der Waals surface area contributed by atoms with E-state index in [0.717, 1.165) is 31.6 Å². The zero-order chi connectivity index (χ0) is 13.3. The molecular formula is C15H30IN3O. The molecule has 0 bridgehead atoms. The summed E-state index contributed by atoms with van der Waals surface area (Å²) in [5.41, 5.74) is 0. The van der Waals surface area contributed by atoms with Gasteiger partial charge in [0.15, 0.2) is 5.96 Å². The zero-order valence-corrected chi connectivity index (χ0v) is 15.0. The molecule has 2 aliphatic rings. The molecule has 0 aliphatic heterocycles. The second-order valence-corrected chi connectivity index (χ2v) is 5.81. The van der Waals surface area contributed by atoms with Gasteiger partial charge in [-0.05, 0) is 31.6 Å². The van der Waals surface area contributed by atoms with E-state index in [4.69, 9.17) is 4.74 Å². The van der Waals surface area contributed by atoms with Gasteiger partial charge >= 0.3 is 0 Å². The van der Waals surface area contributed by atoms with Gasteiger partial charge in [-0.3, -0.25) is 4.99 Å². The summed E-state index contributed by atoms with van der Waals surface area (Å²) in [5.74, 6) is 1.79. The third-order valence-electron chi connectivity index (χ3n) is 4.03. The van der Waals surface area contributed by atoms with E-state index in [-0.39, 0.29) is 24.0 Å². The van der Waals surface area contributed by atoms with Crippen LogP contribution in [0.5, 0.6) is 0 Å². The Bertz CT molecular complexity index is 274. The third-order valence-corrected chi connectivity index (χ3v) is 4.03. The first-order valence-corrected chi connectivity index (χ1v) is 7.94. The molecule has 118 valence electrons. The van der Waals surface area contributed by atoms with Gasteiger partial charge in [0.25, 0.3) is 0 Å². The third kappa shape index (κ3) is 7.67. The van der Waals surface area contributed by atoms with E-state index in [1.165, 1.54) is 51.4 Å². The molecule has 0 aromatic carbocycles. The second kappa shape index (κ2) is 10.7. The van der Waals surface area contributed by atoms with Crippen LogP contribution in [-0.4, -0.2) is 38.8 Å². The molecule has 0 unspecified atom stereocenters. The number of aliphatic imine (C=N–C) groups is 1. The summed E-state index contributed by atoms with van der Waals surface area (Å²) >= 11 is 0. The highest BCUT2D eigenvalue weighted by Gasteiger charge is 2.21. The number of guanidine groups is 1. The quantitative estimate of drug-likeness (QED) is 0.239. The van der Waals surface area contributed by atoms with Crippen molar-refractivity contribution in [2.75, 3.05) is 26.7 Å². The number of rotatable bonds is 6. The Morgan fingerprint density at radius 2 is 1.75 bits per heavy atom. The number of nitrogens with one attached hydrogen (secondary N) is 2. The molecule has 5 heteroatoms. The minimum Gasteiger partial charge on any atom is -0.376 e. The van der Waals surface area contributed by atoms with Crippen LogP contribution in [0.3, 0.4) is 0 Å². The molecule has 0 amide bonds. The monoisotopic (exact) mass is 395 g/mol. The van der Waals surface area contributed by atoms with E-state index in [1.807, 2.05) is 7.05 Å². The van der Waals surface area contributed by atoms with E-state index in [0.29, 0.717) is 6.10 Å². The van der Waals surface area contributed by atoms with Crippen LogP contribution in [0.4, 0.5) is 0 Å². The van der Waals surface area contributed by atoms with Gasteiger partial charge in [-0.25, -0.2) is 0 Å². The van der Waals surface area contributed by atoms with Crippen LogP contribution in [0.25, 0.3) is 0 Å². The van der Waals surface area contributed by atoms with Gasteiger partial charge in [-0.1, -0.05) is 25.7 Å². The van der Waals surface area contributed by atoms with Crippen molar-refractivity contribution in [1.82, 2.24) is 10.6 Å². The summed E-state index contributed by atoms with van der Waals surface area (Å²) in [6.45, 7) is 2.69. The molecule has 2 saturated carbocycles. The highest BCUT2D eigenvalue weighted by molar-refractivity contribution is 14.0. The molecule has 20 heavy (non-hydrogen) atoms. The SMILES string of the molecule is CN=C(NCCOC1CCCCCC1)NCC1CC1.I. The Morgan fingerprint density at radius 1 is 1.05 bits per heavy atom. The zero-order valence-electron chi connectivity index (χ0n) is 12.7. The molecule has 0 atom stereocenters. The fourth-order valence-corrected chi connectivity index (χ4v) is 2.59. The standard InChI is InChI=1S/C15H29N3O.HI/c1-16-15(18-12-13-8-9-13)17-10-11-19-14-6-4-2-3-5-7-14;/h13-14H,2-12H2,1H3,(H2,16,17,18);1H. The largest absolute Gasteiger partial charge is 0.376 e. The lowest BCUT2D eigenvalue weighted by atomic mass is 10.1. The first-order chi connectivity index (χ1) is 9.38. The molecule has 0 heterocycles. The van der Waals surface area contributed by atoms with E-state index in [9.17, 15) is 0 Å². The predicted octanol–water partition coefficient (Wildman–Crippen LogP) is 2.92. The smallest absolute Gasteiger partial charge is 0.191 e. The molecule has 4 nitrogen and oxygen atoms in total. The fraction of sp³-hybridized carbons (Fsp3) is 0.933. The van der Waals surface area contributed by atoms with Gasteiger partial charge in [0, 0.05) is 20.1 Å². The van der Waals surface area contributed by atoms with Crippen molar-refractivity contribution in [3.63, 3.8) is 0 Å². The van der Waals surface area contributed by atoms with Crippen LogP contribution < -0.4 is 10.6 Å². The summed E-state index contributed by atoms with van der Waals surface area (Å²) < 4.78 is 5.95. The molecule has 0 aromatic heterocycles. The molecule has 0 saturated heterocycles. The van der Waals surface area contributed by atoms with Gasteiger partial charge < -0.3 is 15.4 Å². The Balaban J connectivity index is 0.00000200. The van der Waals surface area contributed by atoms with Gasteiger partial charge in [-0.15, -0.1) is 24.0 Å². The van der Waals surface area contributed by atoms with E-state index in [1.54, 1.807) is 0 Å². The van der Waals surface area contributed by atoms with Gasteiger partial charge in [0.1, 0.15) is 0 Å². The lowest BCUT2D eigenvalue weighted by Crippen LogP contribution is -2.40. The maximum absolute atomic E-state index is 5.95. The Labute approximate surface area is 140 Å². The Hall–Kier alpha value is -0.0400. The van der Waals surface area contributed by atoms with Gasteiger partial charge in [0.05, 0.1) is 12.7 Å². The van der Waals surface area contributed by atoms with Crippen molar-refractivity contribution < 1.29 is 4.74 Å². The van der Waals surface area contributed by atoms with Crippen LogP contribution in [0.2, 0.25) is 0 Å². The van der Waals surface area contributed by atoms with E-state index in [2.05, 4.69) is 15.6 Å². The minimum absolute atomic E-state index is 0. The van der Waals surface area contributed by atoms with Crippen molar-refractivity contribution in [3.8, 4) is 0 Å². The molecule has 0 radical (unpaired) electrons. The molecule has 0 aromatic rings. The van der Waals surface area contributed by atoms with Crippen molar-refractivity contribution >= 4 is 29.9 Å². The number of nitrogens with zero attached hydrogens (tertiary/aromatic N) is 1. The summed E-state index contributed by atoms with van der Waals surface area (Å²) in [6, 6.07) is 0. The van der Waals surface area contributed by atoms with Crippen molar-refractivity contribution in [2.45, 2.75) is 57.5 Å². The first-order valence-electron chi connectivity index (χ1n) is 7.94. The minimum atomic E-state index is 0. The number of hydrogen-bond acceptors (Lipinski definition) is 2. The number of halogens is 1. The van der Waals surface area contributed by atoms with Gasteiger partial charge in [0.2, 0.25) is 0 Å². The Kier molecular flexibility index (Phi) is 9.59. The number of hydrogen-bond donors (Lipinski definition) is 2. The van der Waals surface area contributed by atoms with Crippen molar-refractivity contribution in [2.24, 2.45) is 10.9 Å². The molecular weight excluding hydrogens is 365 g/mol. The summed E-state index contributed by atoms with van der Waals surface area (Å²) in [5, 5.41) is 6.68. The topological polar surface area (TPSA) is 45.7 Å². The lowest BCUT2D eigenvalue weighted by Gasteiger charge is -2.16. The predicted molar refractivity (Wildman–Crippen MR) is 94.9 cm³/mol. The highest BCUT2D eigenvalue weighted by atomic mass is 127. The first kappa shape index (κ1) is 18.0. The summed E-state index contributed by atoms with van der Waals surface area (Å²) in [4.78, 5) is 4.23. The molecule has 2 rings (SSSR count). The van der Waals surface area contributed by atoms with Crippen molar-refractivity contribution in [1.29, 1.82) is 0 Å².